The number of ketones is 1. The van der Waals surface area contributed by atoms with Gasteiger partial charge in [0.15, 0.2) is 5.78 Å². The number of rotatable bonds is 12. The Labute approximate surface area is 378 Å². The van der Waals surface area contributed by atoms with Crippen LogP contribution in [0.5, 0.6) is 0 Å². The highest BCUT2D eigenvalue weighted by Gasteiger charge is 2.30. The molecular weight excluding hydrogens is 903 g/mol. The highest BCUT2D eigenvalue weighted by atomic mass is 19.3. The molecule has 3 heterocycles. The quantitative estimate of drug-likeness (QED) is 0.0970. The lowest BCUT2D eigenvalue weighted by Crippen LogP contribution is -2.48. The van der Waals surface area contributed by atoms with Crippen LogP contribution in [0.1, 0.15) is 44.9 Å². The standard InChI is InChI=1S/C23H23F4N3O4.C22H20F4N4O3/c1-14-2-5-19(18(25)10-14)30(23(33)29-6-8-34-9-7-29)13-16-4-3-15(11-17(16)24)20(31)12-28-22(32)21(26)27;1-13-2-5-18(17(24)10-13)30(22(31)29-6-8-32-9-7-29)12-15-4-3-14(11-16(15)23)20-27-28-21(33-20)19(25)26/h2-5,10-11,21H,6-9,12-13H2,1H3,(H,28,32);2-5,10-11,19H,6-9,12H2,1H3. The molecule has 0 unspecified atom stereocenters. The van der Waals surface area contributed by atoms with Crippen molar-refractivity contribution in [2.24, 2.45) is 0 Å². The molecule has 4 aromatic carbocycles. The molecule has 0 atom stereocenters. The van der Waals surface area contributed by atoms with E-state index in [0.717, 1.165) is 17.0 Å². The number of benzene rings is 4. The normalized spacial score (nSPS) is 13.9. The zero-order valence-electron chi connectivity index (χ0n) is 35.9. The van der Waals surface area contributed by atoms with Crippen molar-refractivity contribution >= 4 is 35.1 Å². The van der Waals surface area contributed by atoms with Crippen molar-refractivity contribution < 1.29 is 68.2 Å². The third kappa shape index (κ3) is 12.7. The number of nitrogens with one attached hydrogen (secondary N) is 1. The topological polar surface area (TPSA) is 151 Å². The number of aromatic nitrogens is 2. The summed E-state index contributed by atoms with van der Waals surface area (Å²) in [6, 6.07) is 14.9. The maximum absolute atomic E-state index is 14.9. The molecule has 356 valence electrons. The summed E-state index contributed by atoms with van der Waals surface area (Å²) in [4.78, 5) is 54.7. The molecule has 67 heavy (non-hydrogen) atoms. The average Bonchev–Trinajstić information content (AvgIpc) is 3.82. The highest BCUT2D eigenvalue weighted by Crippen LogP contribution is 2.29. The maximum Gasteiger partial charge on any atom is 0.325 e. The predicted octanol–water partition coefficient (Wildman–Crippen LogP) is 8.02. The zero-order chi connectivity index (χ0) is 48.4. The second kappa shape index (κ2) is 22.5. The van der Waals surface area contributed by atoms with Crippen molar-refractivity contribution in [3.8, 4) is 11.5 Å². The first kappa shape index (κ1) is 49.5. The van der Waals surface area contributed by atoms with E-state index in [1.54, 1.807) is 31.3 Å². The molecule has 14 nitrogen and oxygen atoms in total. The number of anilines is 2. The van der Waals surface area contributed by atoms with Crippen LogP contribution in [0.2, 0.25) is 0 Å². The predicted molar refractivity (Wildman–Crippen MR) is 225 cm³/mol. The Morgan fingerprint density at radius 1 is 0.642 bits per heavy atom. The molecule has 5 aromatic rings. The third-order valence-electron chi connectivity index (χ3n) is 10.4. The number of halogens is 8. The number of aryl methyl sites for hydroxylation is 2. The molecule has 7 rings (SSSR count). The van der Waals surface area contributed by atoms with Gasteiger partial charge >= 0.3 is 24.9 Å². The molecule has 0 spiro atoms. The van der Waals surface area contributed by atoms with Crippen LogP contribution < -0.4 is 15.1 Å². The molecule has 0 radical (unpaired) electrons. The number of alkyl halides is 4. The Kier molecular flexibility index (Phi) is 16.6. The zero-order valence-corrected chi connectivity index (χ0v) is 35.9. The van der Waals surface area contributed by atoms with Gasteiger partial charge in [0, 0.05) is 48.4 Å². The van der Waals surface area contributed by atoms with E-state index >= 15 is 0 Å². The van der Waals surface area contributed by atoms with Crippen LogP contribution >= 0.6 is 0 Å². The van der Waals surface area contributed by atoms with Crippen molar-refractivity contribution in [1.29, 1.82) is 0 Å². The molecule has 0 bridgehead atoms. The minimum absolute atomic E-state index is 0.00903. The van der Waals surface area contributed by atoms with Gasteiger partial charge in [-0.3, -0.25) is 19.4 Å². The van der Waals surface area contributed by atoms with Gasteiger partial charge in [-0.05, 0) is 67.4 Å². The maximum atomic E-state index is 14.9. The molecule has 5 amide bonds. The molecule has 22 heteroatoms. The second-order valence-electron chi connectivity index (χ2n) is 15.1. The number of carbonyl (C=O) groups is 4. The van der Waals surface area contributed by atoms with E-state index in [2.05, 4.69) is 10.2 Å². The summed E-state index contributed by atoms with van der Waals surface area (Å²) >= 11 is 0. The van der Waals surface area contributed by atoms with Gasteiger partial charge in [0.2, 0.25) is 5.89 Å². The summed E-state index contributed by atoms with van der Waals surface area (Å²) in [5, 5.41) is 8.48. The smallest absolute Gasteiger partial charge is 0.325 e. The molecule has 2 aliphatic heterocycles. The first-order valence-electron chi connectivity index (χ1n) is 20.6. The van der Waals surface area contributed by atoms with Gasteiger partial charge in [-0.2, -0.15) is 17.6 Å². The van der Waals surface area contributed by atoms with Crippen molar-refractivity contribution in [1.82, 2.24) is 25.3 Å². The summed E-state index contributed by atoms with van der Waals surface area (Å²) in [5.41, 5.74) is 1.35. The Hall–Kier alpha value is -6.94. The van der Waals surface area contributed by atoms with Crippen molar-refractivity contribution in [2.45, 2.75) is 39.8 Å². The number of Topliss-reactive ketones (excluding diaryl/α,β-unsaturated/α-hetero) is 1. The fraction of sp³-hybridized carbons (Fsp3) is 0.333. The monoisotopic (exact) mass is 945 g/mol. The summed E-state index contributed by atoms with van der Waals surface area (Å²) < 4.78 is 125. The number of ether oxygens (including phenoxy) is 2. The number of hydrogen-bond acceptors (Lipinski definition) is 9. The fourth-order valence-electron chi connectivity index (χ4n) is 6.81. The van der Waals surface area contributed by atoms with Crippen molar-refractivity contribution in [2.75, 3.05) is 69.0 Å². The van der Waals surface area contributed by atoms with E-state index in [0.29, 0.717) is 63.7 Å². The van der Waals surface area contributed by atoms with E-state index in [1.165, 1.54) is 63.2 Å². The van der Waals surface area contributed by atoms with Crippen LogP contribution in [0.4, 0.5) is 56.1 Å². The highest BCUT2D eigenvalue weighted by molar-refractivity contribution is 5.99. The summed E-state index contributed by atoms with van der Waals surface area (Å²) in [6.45, 7) is 4.70. The SMILES string of the molecule is Cc1ccc(N(Cc2ccc(-c3nnc(C(F)F)o3)cc2F)C(=O)N2CCOCC2)c(F)c1.Cc1ccc(N(Cc2ccc(C(=O)CNC(=O)C(F)F)cc2F)C(=O)N2CCOCC2)c(F)c1. The number of carbonyl (C=O) groups excluding carboxylic acids is 4. The lowest BCUT2D eigenvalue weighted by atomic mass is 10.1. The molecule has 0 aliphatic carbocycles. The fourth-order valence-corrected chi connectivity index (χ4v) is 6.81. The number of urea groups is 2. The van der Waals surface area contributed by atoms with E-state index in [9.17, 15) is 54.3 Å². The van der Waals surface area contributed by atoms with Gasteiger partial charge in [-0.15, -0.1) is 10.2 Å². The van der Waals surface area contributed by atoms with Crippen molar-refractivity contribution in [3.63, 3.8) is 0 Å². The minimum atomic E-state index is -3.27. The van der Waals surface area contributed by atoms with Gasteiger partial charge in [0.05, 0.1) is 57.4 Å². The first-order valence-corrected chi connectivity index (χ1v) is 20.6. The summed E-state index contributed by atoms with van der Waals surface area (Å²) in [6.07, 6.45) is -6.22. The Morgan fingerprint density at radius 3 is 1.57 bits per heavy atom. The van der Waals surface area contributed by atoms with E-state index in [4.69, 9.17) is 13.9 Å². The van der Waals surface area contributed by atoms with Crippen LogP contribution in [-0.2, 0) is 27.4 Å². The second-order valence-corrected chi connectivity index (χ2v) is 15.1. The number of morpholine rings is 2. The van der Waals surface area contributed by atoms with E-state index < -0.39 is 72.3 Å². The van der Waals surface area contributed by atoms with Crippen molar-refractivity contribution in [3.05, 3.63) is 130 Å². The Balaban J connectivity index is 0.000000221. The lowest BCUT2D eigenvalue weighted by Gasteiger charge is -2.33. The minimum Gasteiger partial charge on any atom is -0.415 e. The van der Waals surface area contributed by atoms with E-state index in [-0.39, 0.29) is 52.6 Å². The molecular formula is C45H43F8N7O7. The first-order chi connectivity index (χ1) is 32.0. The number of amides is 5. The number of nitrogens with zero attached hydrogens (tertiary/aromatic N) is 6. The molecule has 1 aromatic heterocycles. The van der Waals surface area contributed by atoms with Gasteiger partial charge in [-0.1, -0.05) is 30.3 Å². The molecule has 1 N–H and O–H groups in total. The van der Waals surface area contributed by atoms with Crippen LogP contribution in [-0.4, -0.2) is 109 Å². The van der Waals surface area contributed by atoms with Gasteiger partial charge in [0.25, 0.3) is 11.8 Å². The van der Waals surface area contributed by atoms with Crippen LogP contribution in [0.25, 0.3) is 11.5 Å². The van der Waals surface area contributed by atoms with Crippen LogP contribution in [0, 0.1) is 37.1 Å². The molecule has 2 saturated heterocycles. The lowest BCUT2D eigenvalue weighted by molar-refractivity contribution is -0.131. The molecule has 0 saturated carbocycles. The number of hydrogen-bond donors (Lipinski definition) is 1. The van der Waals surface area contributed by atoms with Gasteiger partial charge in [0.1, 0.15) is 23.3 Å². The Morgan fingerprint density at radius 2 is 1.13 bits per heavy atom. The summed E-state index contributed by atoms with van der Waals surface area (Å²) in [5.74, 6) is -6.36. The van der Waals surface area contributed by atoms with Crippen LogP contribution in [0.15, 0.2) is 77.2 Å². The summed E-state index contributed by atoms with van der Waals surface area (Å²) in [7, 11) is 0. The Bertz CT molecular complexity index is 2570. The molecule has 2 fully saturated rings. The molecule has 2 aliphatic rings. The van der Waals surface area contributed by atoms with E-state index in [1.807, 2.05) is 0 Å². The third-order valence-corrected chi connectivity index (χ3v) is 10.4. The van der Waals surface area contributed by atoms with Gasteiger partial charge in [-0.25, -0.2) is 27.2 Å². The van der Waals surface area contributed by atoms with Gasteiger partial charge < -0.3 is 29.0 Å². The van der Waals surface area contributed by atoms with Crippen LogP contribution in [0.3, 0.4) is 0 Å². The largest absolute Gasteiger partial charge is 0.415 e. The average molecular weight is 946 g/mol.